The van der Waals surface area contributed by atoms with Gasteiger partial charge in [-0.1, -0.05) is 27.2 Å². The monoisotopic (exact) mass is 336 g/mol. The summed E-state index contributed by atoms with van der Waals surface area (Å²) < 4.78 is 7.19. The second-order valence-electron chi connectivity index (χ2n) is 6.91. The molecule has 1 aromatic heterocycles. The molecule has 1 unspecified atom stereocenters. The molecule has 1 N–H and O–H groups in total. The number of aromatic nitrogens is 2. The minimum Gasteiger partial charge on any atom is -0.481 e. The maximum Gasteiger partial charge on any atom is 0.237 e. The molecule has 1 atom stereocenters. The molecule has 0 aliphatic carbocycles. The Morgan fingerprint density at radius 1 is 1.29 bits per heavy atom. The molecule has 1 saturated heterocycles. The third-order valence-electron chi connectivity index (χ3n) is 4.82. The van der Waals surface area contributed by atoms with Gasteiger partial charge in [0.25, 0.3) is 0 Å². The molecule has 1 aromatic rings. The molecule has 24 heavy (non-hydrogen) atoms. The van der Waals surface area contributed by atoms with Crippen LogP contribution < -0.4 is 10.1 Å². The summed E-state index contributed by atoms with van der Waals surface area (Å²) in [4.78, 5) is 15.2. The lowest BCUT2D eigenvalue weighted by Gasteiger charge is -2.35. The first-order chi connectivity index (χ1) is 11.5. The predicted molar refractivity (Wildman–Crippen MR) is 95.0 cm³/mol. The van der Waals surface area contributed by atoms with E-state index in [9.17, 15) is 4.79 Å². The number of nitrogens with one attached hydrogen (secondary N) is 1. The SMILES string of the molecule is CCc1nn(C)c(OC)c1CNC(=O)C(C(C)C)N1CCCCC1. The van der Waals surface area contributed by atoms with Crippen molar-refractivity contribution in [3.63, 3.8) is 0 Å². The molecule has 2 heterocycles. The average molecular weight is 336 g/mol. The minimum atomic E-state index is -0.0574. The summed E-state index contributed by atoms with van der Waals surface area (Å²) in [5.74, 6) is 1.13. The van der Waals surface area contributed by atoms with Crippen LogP contribution in [0.15, 0.2) is 0 Å². The summed E-state index contributed by atoms with van der Waals surface area (Å²) in [6, 6.07) is -0.0574. The topological polar surface area (TPSA) is 59.4 Å². The van der Waals surface area contributed by atoms with Crippen LogP contribution in [-0.2, 0) is 24.8 Å². The van der Waals surface area contributed by atoms with Crippen molar-refractivity contribution >= 4 is 5.91 Å². The molecule has 0 bridgehead atoms. The van der Waals surface area contributed by atoms with Gasteiger partial charge in [0.15, 0.2) is 0 Å². The van der Waals surface area contributed by atoms with Crippen molar-refractivity contribution < 1.29 is 9.53 Å². The fourth-order valence-corrected chi connectivity index (χ4v) is 3.69. The van der Waals surface area contributed by atoms with Gasteiger partial charge in [-0.05, 0) is 38.3 Å². The number of amides is 1. The number of methoxy groups -OCH3 is 1. The molecule has 0 spiro atoms. The molecule has 1 aliphatic rings. The molecule has 1 amide bonds. The van der Waals surface area contributed by atoms with E-state index in [0.717, 1.165) is 36.6 Å². The van der Waals surface area contributed by atoms with Crippen LogP contribution in [0.2, 0.25) is 0 Å². The van der Waals surface area contributed by atoms with Crippen molar-refractivity contribution in [1.29, 1.82) is 0 Å². The van der Waals surface area contributed by atoms with Crippen LogP contribution in [0, 0.1) is 5.92 Å². The van der Waals surface area contributed by atoms with E-state index in [4.69, 9.17) is 4.74 Å². The van der Waals surface area contributed by atoms with E-state index >= 15 is 0 Å². The van der Waals surface area contributed by atoms with Crippen LogP contribution in [0.5, 0.6) is 5.88 Å². The van der Waals surface area contributed by atoms with Crippen LogP contribution in [0.4, 0.5) is 0 Å². The van der Waals surface area contributed by atoms with Gasteiger partial charge in [-0.2, -0.15) is 5.10 Å². The number of nitrogens with zero attached hydrogens (tertiary/aromatic N) is 3. The van der Waals surface area contributed by atoms with Gasteiger partial charge in [0.1, 0.15) is 0 Å². The van der Waals surface area contributed by atoms with Gasteiger partial charge in [0.2, 0.25) is 11.8 Å². The fraction of sp³-hybridized carbons (Fsp3) is 0.778. The third kappa shape index (κ3) is 4.09. The average Bonchev–Trinajstić information content (AvgIpc) is 2.88. The molecule has 0 saturated carbocycles. The summed E-state index contributed by atoms with van der Waals surface area (Å²) >= 11 is 0. The molecule has 136 valence electrons. The second kappa shape index (κ2) is 8.51. The third-order valence-corrected chi connectivity index (χ3v) is 4.82. The lowest BCUT2D eigenvalue weighted by atomic mass is 9.98. The van der Waals surface area contributed by atoms with E-state index in [2.05, 4.69) is 36.1 Å². The predicted octanol–water partition coefficient (Wildman–Crippen LogP) is 2.12. The van der Waals surface area contributed by atoms with Crippen LogP contribution in [-0.4, -0.2) is 46.8 Å². The van der Waals surface area contributed by atoms with Gasteiger partial charge in [-0.15, -0.1) is 0 Å². The van der Waals surface area contributed by atoms with Gasteiger partial charge in [0, 0.05) is 7.05 Å². The van der Waals surface area contributed by atoms with E-state index in [1.54, 1.807) is 11.8 Å². The molecule has 2 rings (SSSR count). The van der Waals surface area contributed by atoms with Crippen LogP contribution in [0.1, 0.15) is 51.3 Å². The maximum absolute atomic E-state index is 12.8. The first-order valence-corrected chi connectivity index (χ1v) is 9.10. The first kappa shape index (κ1) is 18.8. The summed E-state index contributed by atoms with van der Waals surface area (Å²) in [5, 5.41) is 7.60. The number of likely N-dealkylation sites (tertiary alicyclic amines) is 1. The van der Waals surface area contributed by atoms with Crippen molar-refractivity contribution in [3.05, 3.63) is 11.3 Å². The Balaban J connectivity index is 2.08. The number of aryl methyl sites for hydroxylation is 2. The lowest BCUT2D eigenvalue weighted by Crippen LogP contribution is -2.51. The fourth-order valence-electron chi connectivity index (χ4n) is 3.69. The molecule has 1 fully saturated rings. The lowest BCUT2D eigenvalue weighted by molar-refractivity contribution is -0.128. The summed E-state index contributed by atoms with van der Waals surface area (Å²) in [5.41, 5.74) is 1.96. The second-order valence-corrected chi connectivity index (χ2v) is 6.91. The molecule has 1 aliphatic heterocycles. The van der Waals surface area contributed by atoms with E-state index in [1.165, 1.54) is 19.3 Å². The number of rotatable bonds is 7. The molecular weight excluding hydrogens is 304 g/mol. The van der Waals surface area contributed by atoms with Crippen LogP contribution in [0.3, 0.4) is 0 Å². The van der Waals surface area contributed by atoms with Crippen molar-refractivity contribution in [2.24, 2.45) is 13.0 Å². The molecule has 0 aromatic carbocycles. The summed E-state index contributed by atoms with van der Waals surface area (Å²) in [6.45, 7) is 8.83. The highest BCUT2D eigenvalue weighted by atomic mass is 16.5. The van der Waals surface area contributed by atoms with E-state index in [-0.39, 0.29) is 11.9 Å². The van der Waals surface area contributed by atoms with Crippen LogP contribution in [0.25, 0.3) is 0 Å². The number of ether oxygens (including phenoxy) is 1. The highest BCUT2D eigenvalue weighted by molar-refractivity contribution is 5.82. The molecular formula is C18H32N4O2. The zero-order chi connectivity index (χ0) is 17.7. The Morgan fingerprint density at radius 3 is 2.50 bits per heavy atom. The Kier molecular flexibility index (Phi) is 6.66. The van der Waals surface area contributed by atoms with Gasteiger partial charge in [0.05, 0.1) is 31.0 Å². The van der Waals surface area contributed by atoms with Crippen molar-refractivity contribution in [1.82, 2.24) is 20.0 Å². The number of carbonyl (C=O) groups excluding carboxylic acids is 1. The maximum atomic E-state index is 12.8. The highest BCUT2D eigenvalue weighted by Crippen LogP contribution is 2.22. The number of hydrogen-bond donors (Lipinski definition) is 1. The van der Waals surface area contributed by atoms with Crippen molar-refractivity contribution in [2.75, 3.05) is 20.2 Å². The molecule has 6 heteroatoms. The Hall–Kier alpha value is -1.56. The van der Waals surface area contributed by atoms with Crippen molar-refractivity contribution in [3.8, 4) is 5.88 Å². The Labute approximate surface area is 145 Å². The first-order valence-electron chi connectivity index (χ1n) is 9.10. The number of hydrogen-bond acceptors (Lipinski definition) is 4. The van der Waals surface area contributed by atoms with Gasteiger partial charge < -0.3 is 10.1 Å². The number of piperidine rings is 1. The highest BCUT2D eigenvalue weighted by Gasteiger charge is 2.30. The molecule has 6 nitrogen and oxygen atoms in total. The van der Waals surface area contributed by atoms with Gasteiger partial charge >= 0.3 is 0 Å². The zero-order valence-electron chi connectivity index (χ0n) is 15.8. The quantitative estimate of drug-likeness (QED) is 0.828. The van der Waals surface area contributed by atoms with Crippen LogP contribution >= 0.6 is 0 Å². The molecule has 0 radical (unpaired) electrons. The van der Waals surface area contributed by atoms with E-state index in [1.807, 2.05) is 7.05 Å². The van der Waals surface area contributed by atoms with E-state index in [0.29, 0.717) is 12.5 Å². The Bertz CT molecular complexity index is 547. The minimum absolute atomic E-state index is 0.0574. The van der Waals surface area contributed by atoms with E-state index < -0.39 is 0 Å². The van der Waals surface area contributed by atoms with Gasteiger partial charge in [-0.3, -0.25) is 9.69 Å². The number of carbonyl (C=O) groups is 1. The van der Waals surface area contributed by atoms with Gasteiger partial charge in [-0.25, -0.2) is 4.68 Å². The zero-order valence-corrected chi connectivity index (χ0v) is 15.8. The van der Waals surface area contributed by atoms with Crippen molar-refractivity contribution in [2.45, 2.75) is 59.0 Å². The largest absolute Gasteiger partial charge is 0.481 e. The smallest absolute Gasteiger partial charge is 0.237 e. The summed E-state index contributed by atoms with van der Waals surface area (Å²) in [6.07, 6.45) is 4.47. The standard InChI is InChI=1S/C18H32N4O2/c1-6-15-14(18(24-5)21(4)20-15)12-19-17(23)16(13(2)3)22-10-8-7-9-11-22/h13,16H,6-12H2,1-5H3,(H,19,23). The summed E-state index contributed by atoms with van der Waals surface area (Å²) in [7, 11) is 3.51. The Morgan fingerprint density at radius 2 is 1.96 bits per heavy atom. The normalized spacial score (nSPS) is 17.1.